The average Bonchev–Trinajstić information content (AvgIpc) is 2.26. The van der Waals surface area contributed by atoms with Crippen molar-refractivity contribution in [1.29, 1.82) is 0 Å². The molecule has 0 heterocycles. The van der Waals surface area contributed by atoms with Crippen LogP contribution in [-0.4, -0.2) is 0 Å². The molecule has 0 N–H and O–H groups in total. The smallest absolute Gasteiger partial charge is 0.0414 e. The average molecular weight is 240 g/mol. The van der Waals surface area contributed by atoms with Crippen molar-refractivity contribution >= 4 is 0 Å². The highest BCUT2D eigenvalue weighted by molar-refractivity contribution is 4.62. The lowest BCUT2D eigenvalue weighted by Crippen LogP contribution is -2.03. The van der Waals surface area contributed by atoms with Gasteiger partial charge in [-0.15, -0.1) is 0 Å². The standard InChI is InChI=1S/C17H36/c1-6-7-11-17(14-13-16(4)5)12-9-8-10-15(2)3/h15-17H,6-14H2,1-5H3. The van der Waals surface area contributed by atoms with Gasteiger partial charge in [-0.2, -0.15) is 0 Å². The fourth-order valence-corrected chi connectivity index (χ4v) is 2.48. The van der Waals surface area contributed by atoms with Crippen LogP contribution >= 0.6 is 0 Å². The van der Waals surface area contributed by atoms with Crippen molar-refractivity contribution in [2.24, 2.45) is 17.8 Å². The van der Waals surface area contributed by atoms with E-state index in [1.807, 2.05) is 0 Å². The molecule has 0 saturated carbocycles. The second kappa shape index (κ2) is 11.1. The van der Waals surface area contributed by atoms with Gasteiger partial charge in [-0.25, -0.2) is 0 Å². The lowest BCUT2D eigenvalue weighted by atomic mass is 9.88. The molecule has 0 fully saturated rings. The van der Waals surface area contributed by atoms with Crippen LogP contribution in [0.5, 0.6) is 0 Å². The molecule has 0 aromatic carbocycles. The van der Waals surface area contributed by atoms with Crippen molar-refractivity contribution < 1.29 is 0 Å². The molecule has 104 valence electrons. The molecule has 17 heavy (non-hydrogen) atoms. The molecule has 0 aliphatic carbocycles. The van der Waals surface area contributed by atoms with Crippen molar-refractivity contribution in [2.75, 3.05) is 0 Å². The van der Waals surface area contributed by atoms with E-state index in [0.717, 1.165) is 17.8 Å². The maximum Gasteiger partial charge on any atom is -0.0414 e. The predicted molar refractivity (Wildman–Crippen MR) is 80.4 cm³/mol. The summed E-state index contributed by atoms with van der Waals surface area (Å²) in [5.41, 5.74) is 0. The lowest BCUT2D eigenvalue weighted by molar-refractivity contribution is 0.353. The van der Waals surface area contributed by atoms with Gasteiger partial charge in [0.2, 0.25) is 0 Å². The predicted octanol–water partition coefficient (Wildman–Crippen LogP) is 6.45. The molecule has 1 unspecified atom stereocenters. The summed E-state index contributed by atoms with van der Waals surface area (Å²) >= 11 is 0. The Kier molecular flexibility index (Phi) is 11.1. The van der Waals surface area contributed by atoms with Gasteiger partial charge >= 0.3 is 0 Å². The summed E-state index contributed by atoms with van der Waals surface area (Å²) in [6, 6.07) is 0. The summed E-state index contributed by atoms with van der Waals surface area (Å²) in [7, 11) is 0. The van der Waals surface area contributed by atoms with Crippen LogP contribution in [0.2, 0.25) is 0 Å². The van der Waals surface area contributed by atoms with Gasteiger partial charge in [-0.05, 0) is 17.8 Å². The minimum atomic E-state index is 0.884. The zero-order chi connectivity index (χ0) is 13.1. The SMILES string of the molecule is CCCCC(CCCCC(C)C)CCC(C)C. The van der Waals surface area contributed by atoms with Crippen LogP contribution in [0.25, 0.3) is 0 Å². The zero-order valence-electron chi connectivity index (χ0n) is 13.1. The Morgan fingerprint density at radius 2 is 1.12 bits per heavy atom. The first kappa shape index (κ1) is 17.0. The summed E-state index contributed by atoms with van der Waals surface area (Å²) in [6.45, 7) is 11.7. The van der Waals surface area contributed by atoms with E-state index in [1.54, 1.807) is 0 Å². The van der Waals surface area contributed by atoms with Crippen LogP contribution in [-0.2, 0) is 0 Å². The Morgan fingerprint density at radius 3 is 1.65 bits per heavy atom. The zero-order valence-corrected chi connectivity index (χ0v) is 13.1. The molecular formula is C17H36. The quantitative estimate of drug-likeness (QED) is 0.364. The van der Waals surface area contributed by atoms with Gasteiger partial charge in [0.25, 0.3) is 0 Å². The molecule has 0 aromatic heterocycles. The van der Waals surface area contributed by atoms with Gasteiger partial charge in [0, 0.05) is 0 Å². The molecule has 0 radical (unpaired) electrons. The van der Waals surface area contributed by atoms with Gasteiger partial charge in [0.15, 0.2) is 0 Å². The van der Waals surface area contributed by atoms with Crippen molar-refractivity contribution in [1.82, 2.24) is 0 Å². The maximum absolute atomic E-state index is 2.36. The Morgan fingerprint density at radius 1 is 0.588 bits per heavy atom. The Bertz CT molecular complexity index is 146. The molecule has 0 heteroatoms. The van der Waals surface area contributed by atoms with Crippen LogP contribution in [0, 0.1) is 17.8 Å². The second-order valence-corrected chi connectivity index (χ2v) is 6.66. The fourth-order valence-electron chi connectivity index (χ4n) is 2.48. The van der Waals surface area contributed by atoms with Crippen molar-refractivity contribution in [2.45, 2.75) is 92.4 Å². The Balaban J connectivity index is 3.68. The van der Waals surface area contributed by atoms with Crippen LogP contribution in [0.1, 0.15) is 92.4 Å². The summed E-state index contributed by atoms with van der Waals surface area (Å²) < 4.78 is 0. The highest BCUT2D eigenvalue weighted by atomic mass is 14.1. The van der Waals surface area contributed by atoms with Gasteiger partial charge in [-0.1, -0.05) is 92.4 Å². The third-order valence-corrected chi connectivity index (χ3v) is 3.76. The van der Waals surface area contributed by atoms with Crippen molar-refractivity contribution in [3.8, 4) is 0 Å². The maximum atomic E-state index is 2.36. The minimum absolute atomic E-state index is 0.884. The van der Waals surface area contributed by atoms with E-state index in [2.05, 4.69) is 34.6 Å². The molecule has 0 rings (SSSR count). The number of unbranched alkanes of at least 4 members (excludes halogenated alkanes) is 2. The first-order chi connectivity index (χ1) is 8.06. The first-order valence-electron chi connectivity index (χ1n) is 8.06. The summed E-state index contributed by atoms with van der Waals surface area (Å²) in [6.07, 6.45) is 13.0. The van der Waals surface area contributed by atoms with Gasteiger partial charge < -0.3 is 0 Å². The Labute approximate surface area is 111 Å². The van der Waals surface area contributed by atoms with Crippen LogP contribution in [0.15, 0.2) is 0 Å². The second-order valence-electron chi connectivity index (χ2n) is 6.66. The van der Waals surface area contributed by atoms with Crippen LogP contribution < -0.4 is 0 Å². The van der Waals surface area contributed by atoms with E-state index in [0.29, 0.717) is 0 Å². The van der Waals surface area contributed by atoms with Gasteiger partial charge in [0.05, 0.1) is 0 Å². The Hall–Kier alpha value is 0. The number of rotatable bonds is 11. The van der Waals surface area contributed by atoms with E-state index in [1.165, 1.54) is 57.8 Å². The van der Waals surface area contributed by atoms with E-state index >= 15 is 0 Å². The monoisotopic (exact) mass is 240 g/mol. The highest BCUT2D eigenvalue weighted by Crippen LogP contribution is 2.24. The van der Waals surface area contributed by atoms with E-state index < -0.39 is 0 Å². The van der Waals surface area contributed by atoms with Crippen LogP contribution in [0.3, 0.4) is 0 Å². The molecular weight excluding hydrogens is 204 g/mol. The van der Waals surface area contributed by atoms with Gasteiger partial charge in [-0.3, -0.25) is 0 Å². The molecule has 0 aliphatic heterocycles. The molecule has 0 saturated heterocycles. The summed E-state index contributed by atoms with van der Waals surface area (Å²) in [5.74, 6) is 2.79. The normalized spacial score (nSPS) is 13.6. The van der Waals surface area contributed by atoms with E-state index in [9.17, 15) is 0 Å². The van der Waals surface area contributed by atoms with Gasteiger partial charge in [0.1, 0.15) is 0 Å². The van der Waals surface area contributed by atoms with Crippen molar-refractivity contribution in [3.63, 3.8) is 0 Å². The molecule has 0 bridgehead atoms. The summed E-state index contributed by atoms with van der Waals surface area (Å²) in [4.78, 5) is 0. The molecule has 0 spiro atoms. The molecule has 0 amide bonds. The first-order valence-corrected chi connectivity index (χ1v) is 8.06. The minimum Gasteiger partial charge on any atom is -0.0654 e. The van der Waals surface area contributed by atoms with E-state index in [-0.39, 0.29) is 0 Å². The third kappa shape index (κ3) is 12.2. The third-order valence-electron chi connectivity index (χ3n) is 3.76. The molecule has 0 aromatic rings. The highest BCUT2D eigenvalue weighted by Gasteiger charge is 2.09. The van der Waals surface area contributed by atoms with E-state index in [4.69, 9.17) is 0 Å². The molecule has 0 aliphatic rings. The fraction of sp³-hybridized carbons (Fsp3) is 1.00. The molecule has 1 atom stereocenters. The topological polar surface area (TPSA) is 0 Å². The number of hydrogen-bond acceptors (Lipinski definition) is 0. The molecule has 0 nitrogen and oxygen atoms in total. The summed E-state index contributed by atoms with van der Waals surface area (Å²) in [5, 5.41) is 0. The van der Waals surface area contributed by atoms with Crippen molar-refractivity contribution in [3.05, 3.63) is 0 Å². The lowest BCUT2D eigenvalue weighted by Gasteiger charge is -2.18. The largest absolute Gasteiger partial charge is 0.0654 e. The van der Waals surface area contributed by atoms with Crippen LogP contribution in [0.4, 0.5) is 0 Å². The number of hydrogen-bond donors (Lipinski definition) is 0.